The number of phenols is 1. The molecule has 13 N–H and O–H groups in total. The van der Waals surface area contributed by atoms with Crippen LogP contribution in [-0.4, -0.2) is 86.6 Å². The second-order valence-corrected chi connectivity index (χ2v) is 10.9. The molecule has 4 unspecified atom stereocenters. The minimum absolute atomic E-state index is 0.00617. The third kappa shape index (κ3) is 11.3. The van der Waals surface area contributed by atoms with Gasteiger partial charge >= 0.3 is 11.9 Å². The molecule has 3 amide bonds. The second kappa shape index (κ2) is 17.2. The van der Waals surface area contributed by atoms with E-state index in [9.17, 15) is 34.2 Å². The summed E-state index contributed by atoms with van der Waals surface area (Å²) >= 11 is 0. The summed E-state index contributed by atoms with van der Waals surface area (Å²) < 4.78 is 0. The number of amides is 3. The van der Waals surface area contributed by atoms with Crippen LogP contribution in [0.5, 0.6) is 5.75 Å². The number of guanidine groups is 1. The Bertz CT molecular complexity index is 1590. The van der Waals surface area contributed by atoms with Gasteiger partial charge < -0.3 is 53.5 Å². The molecule has 1 heterocycles. The number of fused-ring (bicyclic) bond motifs is 1. The summed E-state index contributed by atoms with van der Waals surface area (Å²) in [6.45, 7) is 0.250. The minimum atomic E-state index is -1.54. The summed E-state index contributed by atoms with van der Waals surface area (Å²) in [7, 11) is 0. The Balaban J connectivity index is 1.87. The maximum atomic E-state index is 13.9. The molecule has 3 aromatic rings. The highest BCUT2D eigenvalue weighted by Gasteiger charge is 2.31. The lowest BCUT2D eigenvalue weighted by Gasteiger charge is -2.25. The third-order valence-corrected chi connectivity index (χ3v) is 7.31. The van der Waals surface area contributed by atoms with Crippen LogP contribution in [0.4, 0.5) is 0 Å². The zero-order chi connectivity index (χ0) is 34.5. The molecule has 0 aliphatic heterocycles. The van der Waals surface area contributed by atoms with Crippen LogP contribution in [0.25, 0.3) is 10.9 Å². The fourth-order valence-corrected chi connectivity index (χ4v) is 4.81. The molecule has 1 aromatic heterocycles. The maximum absolute atomic E-state index is 13.9. The number of aromatic hydroxyl groups is 1. The number of phenolic OH excluding ortho intramolecular Hbond substituents is 1. The van der Waals surface area contributed by atoms with Crippen molar-refractivity contribution < 1.29 is 39.3 Å². The molecule has 0 aliphatic rings. The van der Waals surface area contributed by atoms with Gasteiger partial charge in [0, 0.05) is 42.9 Å². The maximum Gasteiger partial charge on any atom is 0.326 e. The Morgan fingerprint density at radius 3 is 2.06 bits per heavy atom. The number of hydrogen-bond acceptors (Lipinski definition) is 8. The monoisotopic (exact) mass is 652 g/mol. The summed E-state index contributed by atoms with van der Waals surface area (Å²) in [6.07, 6.45) is 1.28. The molecule has 0 aliphatic carbocycles. The van der Waals surface area contributed by atoms with Gasteiger partial charge in [0.15, 0.2) is 5.96 Å². The Hall–Kier alpha value is -5.64. The van der Waals surface area contributed by atoms with Crippen molar-refractivity contribution in [3.8, 4) is 5.75 Å². The highest BCUT2D eigenvalue weighted by molar-refractivity contribution is 5.95. The molecular formula is C31H40N8O8. The molecule has 47 heavy (non-hydrogen) atoms. The van der Waals surface area contributed by atoms with Gasteiger partial charge in [-0.3, -0.25) is 24.2 Å². The van der Waals surface area contributed by atoms with Crippen LogP contribution < -0.4 is 33.2 Å². The number of rotatable bonds is 18. The van der Waals surface area contributed by atoms with Gasteiger partial charge in [0.1, 0.15) is 23.9 Å². The Morgan fingerprint density at radius 1 is 0.809 bits per heavy atom. The summed E-state index contributed by atoms with van der Waals surface area (Å²) in [5.74, 6) is -5.10. The predicted octanol–water partition coefficient (Wildman–Crippen LogP) is -0.557. The normalized spacial score (nSPS) is 13.5. The number of para-hydroxylation sites is 1. The summed E-state index contributed by atoms with van der Waals surface area (Å²) in [6, 6.07) is 8.03. The van der Waals surface area contributed by atoms with E-state index in [2.05, 4.69) is 25.9 Å². The fourth-order valence-electron chi connectivity index (χ4n) is 4.81. The quantitative estimate of drug-likeness (QED) is 0.0472. The van der Waals surface area contributed by atoms with Crippen LogP contribution in [0.1, 0.15) is 36.8 Å². The number of aromatic nitrogens is 1. The van der Waals surface area contributed by atoms with E-state index < -0.39 is 66.7 Å². The zero-order valence-electron chi connectivity index (χ0n) is 25.5. The zero-order valence-corrected chi connectivity index (χ0v) is 25.5. The number of nitrogens with one attached hydrogen (secondary N) is 4. The highest BCUT2D eigenvalue weighted by Crippen LogP contribution is 2.20. The summed E-state index contributed by atoms with van der Waals surface area (Å²) in [5.41, 5.74) is 18.8. The molecule has 0 spiro atoms. The number of carboxylic acids is 2. The van der Waals surface area contributed by atoms with Crippen molar-refractivity contribution in [1.29, 1.82) is 0 Å². The molecule has 252 valence electrons. The van der Waals surface area contributed by atoms with Crippen LogP contribution in [0, 0.1) is 0 Å². The number of carbonyl (C=O) groups excluding carboxylic acids is 3. The van der Waals surface area contributed by atoms with Crippen molar-refractivity contribution in [1.82, 2.24) is 20.9 Å². The minimum Gasteiger partial charge on any atom is -0.508 e. The van der Waals surface area contributed by atoms with Crippen LogP contribution >= 0.6 is 0 Å². The van der Waals surface area contributed by atoms with Gasteiger partial charge in [0.25, 0.3) is 0 Å². The van der Waals surface area contributed by atoms with Gasteiger partial charge in [-0.05, 0) is 48.6 Å². The van der Waals surface area contributed by atoms with Crippen molar-refractivity contribution >= 4 is 46.5 Å². The van der Waals surface area contributed by atoms with E-state index in [-0.39, 0.29) is 37.5 Å². The smallest absolute Gasteiger partial charge is 0.326 e. The lowest BCUT2D eigenvalue weighted by molar-refractivity contribution is -0.143. The van der Waals surface area contributed by atoms with Gasteiger partial charge in [-0.1, -0.05) is 30.3 Å². The molecule has 16 heteroatoms. The number of benzene rings is 2. The average molecular weight is 653 g/mol. The number of aromatic amines is 1. The number of carboxylic acid groups (broad SMARTS) is 2. The Labute approximate surface area is 269 Å². The number of nitrogens with two attached hydrogens (primary N) is 3. The van der Waals surface area contributed by atoms with Crippen molar-refractivity contribution in [2.45, 2.75) is 62.7 Å². The van der Waals surface area contributed by atoms with Crippen LogP contribution in [0.3, 0.4) is 0 Å². The number of aliphatic imine (C=N–C) groups is 1. The number of hydrogen-bond donors (Lipinski definition) is 10. The fraction of sp³-hybridized carbons (Fsp3) is 0.355. The SMILES string of the molecule is NC(N)=NCCCC(N)C(=O)NC(Cc1c[nH]c2ccccc12)C(=O)NC(Cc1ccc(O)cc1)C(=O)NC(CCC(=O)O)C(=O)O. The van der Waals surface area contributed by atoms with E-state index in [0.717, 1.165) is 10.9 Å². The molecule has 0 saturated heterocycles. The summed E-state index contributed by atoms with van der Waals surface area (Å²) in [5, 5.41) is 36.7. The Morgan fingerprint density at radius 2 is 1.43 bits per heavy atom. The molecule has 2 aromatic carbocycles. The lowest BCUT2D eigenvalue weighted by atomic mass is 10.0. The van der Waals surface area contributed by atoms with Crippen molar-refractivity contribution in [3.05, 3.63) is 65.9 Å². The predicted molar refractivity (Wildman–Crippen MR) is 172 cm³/mol. The van der Waals surface area contributed by atoms with Crippen LogP contribution in [0.15, 0.2) is 59.7 Å². The first-order chi connectivity index (χ1) is 22.3. The molecule has 3 rings (SSSR count). The molecule has 0 fully saturated rings. The number of nitrogens with zero attached hydrogens (tertiary/aromatic N) is 1. The van der Waals surface area contributed by atoms with Crippen LogP contribution in [-0.2, 0) is 36.8 Å². The molecule has 0 saturated carbocycles. The molecule has 4 atom stereocenters. The standard InChI is InChI=1S/C31H40N8O8/c32-21(5-3-13-35-31(33)34)27(43)38-25(15-18-16-36-22-6-2-1-4-20(18)22)29(45)39-24(14-17-7-9-19(40)10-8-17)28(44)37-23(30(46)47)11-12-26(41)42/h1-2,4,6-10,16,21,23-25,36,40H,3,5,11-15,32H2,(H,37,44)(H,38,43)(H,39,45)(H,41,42)(H,46,47)(H4,33,34,35). The van der Waals surface area contributed by atoms with Crippen LogP contribution in [0.2, 0.25) is 0 Å². The number of aliphatic carboxylic acids is 2. The first kappa shape index (κ1) is 35.8. The van der Waals surface area contributed by atoms with Gasteiger partial charge in [-0.15, -0.1) is 0 Å². The first-order valence-corrected chi connectivity index (χ1v) is 14.8. The van der Waals surface area contributed by atoms with Crippen molar-refractivity contribution in [3.63, 3.8) is 0 Å². The third-order valence-electron chi connectivity index (χ3n) is 7.31. The van der Waals surface area contributed by atoms with E-state index in [1.54, 1.807) is 6.20 Å². The van der Waals surface area contributed by atoms with E-state index in [1.165, 1.54) is 24.3 Å². The summed E-state index contributed by atoms with van der Waals surface area (Å²) in [4.78, 5) is 70.2. The van der Waals surface area contributed by atoms with Crippen molar-refractivity contribution in [2.75, 3.05) is 6.54 Å². The Kier molecular flexibility index (Phi) is 13.1. The largest absolute Gasteiger partial charge is 0.508 e. The first-order valence-electron chi connectivity index (χ1n) is 14.8. The lowest BCUT2D eigenvalue weighted by Crippen LogP contribution is -2.58. The van der Waals surface area contributed by atoms with Gasteiger partial charge in [-0.2, -0.15) is 0 Å². The molecule has 16 nitrogen and oxygen atoms in total. The number of H-pyrrole nitrogens is 1. The highest BCUT2D eigenvalue weighted by atomic mass is 16.4. The molecular weight excluding hydrogens is 612 g/mol. The second-order valence-electron chi connectivity index (χ2n) is 10.9. The van der Waals surface area contributed by atoms with Crippen molar-refractivity contribution in [2.24, 2.45) is 22.2 Å². The van der Waals surface area contributed by atoms with Gasteiger partial charge in [-0.25, -0.2) is 4.79 Å². The molecule has 0 bridgehead atoms. The number of carbonyl (C=O) groups is 5. The van der Waals surface area contributed by atoms with Gasteiger partial charge in [0.2, 0.25) is 17.7 Å². The van der Waals surface area contributed by atoms with Gasteiger partial charge in [0.05, 0.1) is 6.04 Å². The topological polar surface area (TPSA) is 288 Å². The molecule has 0 radical (unpaired) electrons. The van der Waals surface area contributed by atoms with E-state index >= 15 is 0 Å². The van der Waals surface area contributed by atoms with E-state index in [0.29, 0.717) is 17.5 Å². The van der Waals surface area contributed by atoms with E-state index in [4.69, 9.17) is 22.3 Å². The average Bonchev–Trinajstić information content (AvgIpc) is 3.43. The van der Waals surface area contributed by atoms with E-state index in [1.807, 2.05) is 24.3 Å².